The van der Waals surface area contributed by atoms with Crippen molar-refractivity contribution < 1.29 is 37.5 Å². The molecule has 0 spiro atoms. The fraction of sp³-hybridized carbons (Fsp3) is 0.120. The summed E-state index contributed by atoms with van der Waals surface area (Å²) in [7, 11) is 1.43. The second-order valence-corrected chi connectivity index (χ2v) is 7.79. The summed E-state index contributed by atoms with van der Waals surface area (Å²) in [6.45, 7) is 0. The summed E-state index contributed by atoms with van der Waals surface area (Å²) in [6, 6.07) is 13.2. The quantitative estimate of drug-likeness (QED) is 0.169. The first kappa shape index (κ1) is 24.5. The molecule has 1 atom stereocenters. The lowest BCUT2D eigenvalue weighted by Gasteiger charge is -2.26. The number of halogens is 3. The zero-order chi connectivity index (χ0) is 26.2. The molecule has 1 amide bonds. The molecule has 0 aliphatic carbocycles. The number of hydrogen-bond acceptors (Lipinski definition) is 6. The monoisotopic (exact) mass is 498 g/mol. The summed E-state index contributed by atoms with van der Waals surface area (Å²) >= 11 is 0. The van der Waals surface area contributed by atoms with Gasteiger partial charge in [-0.2, -0.15) is 13.2 Å². The number of non-ortho nitro benzene ring substituents is 1. The predicted octanol–water partition coefficient (Wildman–Crippen LogP) is 5.25. The zero-order valence-corrected chi connectivity index (χ0v) is 18.5. The summed E-state index contributed by atoms with van der Waals surface area (Å²) in [5.41, 5.74) is -1.60. The van der Waals surface area contributed by atoms with Crippen LogP contribution in [0.25, 0.3) is 5.76 Å². The second kappa shape index (κ2) is 9.17. The van der Waals surface area contributed by atoms with Crippen molar-refractivity contribution in [1.29, 1.82) is 0 Å². The first-order valence-corrected chi connectivity index (χ1v) is 10.4. The van der Waals surface area contributed by atoms with Gasteiger partial charge in [-0.3, -0.25) is 24.6 Å². The van der Waals surface area contributed by atoms with Gasteiger partial charge in [0.1, 0.15) is 11.5 Å². The second-order valence-electron chi connectivity index (χ2n) is 7.79. The Balaban J connectivity index is 1.93. The van der Waals surface area contributed by atoms with E-state index in [0.717, 1.165) is 35.2 Å². The highest BCUT2D eigenvalue weighted by Crippen LogP contribution is 2.43. The Morgan fingerprint density at radius 3 is 2.22 bits per heavy atom. The van der Waals surface area contributed by atoms with Gasteiger partial charge in [0.2, 0.25) is 0 Å². The number of hydrogen-bond donors (Lipinski definition) is 1. The predicted molar refractivity (Wildman–Crippen MR) is 122 cm³/mol. The molecule has 36 heavy (non-hydrogen) atoms. The number of ketones is 1. The van der Waals surface area contributed by atoms with Crippen LogP contribution >= 0.6 is 0 Å². The number of methoxy groups -OCH3 is 1. The van der Waals surface area contributed by atoms with Crippen LogP contribution < -0.4 is 9.64 Å². The first-order chi connectivity index (χ1) is 17.0. The number of anilines is 1. The van der Waals surface area contributed by atoms with Crippen molar-refractivity contribution in [1.82, 2.24) is 0 Å². The Bertz CT molecular complexity index is 1380. The Hall–Kier alpha value is -4.67. The Labute approximate surface area is 202 Å². The number of nitro benzene ring substituents is 1. The van der Waals surface area contributed by atoms with Crippen molar-refractivity contribution in [3.05, 3.63) is 105 Å². The molecule has 3 aromatic rings. The van der Waals surface area contributed by atoms with Gasteiger partial charge < -0.3 is 9.84 Å². The fourth-order valence-electron chi connectivity index (χ4n) is 3.93. The van der Waals surface area contributed by atoms with E-state index >= 15 is 0 Å². The highest BCUT2D eigenvalue weighted by atomic mass is 19.4. The number of amides is 1. The number of nitro groups is 1. The lowest BCUT2D eigenvalue weighted by Crippen LogP contribution is -2.29. The molecular weight excluding hydrogens is 481 g/mol. The van der Waals surface area contributed by atoms with E-state index in [9.17, 15) is 38.0 Å². The zero-order valence-electron chi connectivity index (χ0n) is 18.5. The number of alkyl halides is 3. The maximum Gasteiger partial charge on any atom is 0.416 e. The molecule has 0 radical (unpaired) electrons. The number of nitrogens with zero attached hydrogens (tertiary/aromatic N) is 2. The normalized spacial score (nSPS) is 17.3. The number of aliphatic hydroxyl groups excluding tert-OH is 1. The third-order valence-electron chi connectivity index (χ3n) is 5.68. The van der Waals surface area contributed by atoms with Gasteiger partial charge in [0.15, 0.2) is 0 Å². The molecule has 0 saturated carbocycles. The third-order valence-corrected chi connectivity index (χ3v) is 5.68. The SMILES string of the molecule is COc1ccc(C(O)=C2C(=O)C(=O)N(c3cccc(C(F)(F)F)c3)[C@@H]2c2ccc([N+](=O)[O-])cc2)cc1. The van der Waals surface area contributed by atoms with Crippen molar-refractivity contribution in [2.75, 3.05) is 12.0 Å². The molecule has 1 aliphatic rings. The van der Waals surface area contributed by atoms with Crippen LogP contribution in [0.15, 0.2) is 78.4 Å². The minimum atomic E-state index is -4.71. The maximum absolute atomic E-state index is 13.4. The number of Topliss-reactive ketones (excluding diaryl/α,β-unsaturated/α-hetero) is 1. The van der Waals surface area contributed by atoms with E-state index in [0.29, 0.717) is 5.75 Å². The minimum Gasteiger partial charge on any atom is -0.507 e. The number of rotatable bonds is 5. The van der Waals surface area contributed by atoms with Crippen LogP contribution in [-0.4, -0.2) is 28.8 Å². The largest absolute Gasteiger partial charge is 0.507 e. The molecule has 184 valence electrons. The summed E-state index contributed by atoms with van der Waals surface area (Å²) in [5.74, 6) is -2.38. The molecule has 0 unspecified atom stereocenters. The van der Waals surface area contributed by atoms with E-state index in [1.807, 2.05) is 0 Å². The third kappa shape index (κ3) is 4.38. The van der Waals surface area contributed by atoms with Crippen molar-refractivity contribution in [2.45, 2.75) is 12.2 Å². The van der Waals surface area contributed by atoms with E-state index in [1.165, 1.54) is 49.6 Å². The van der Waals surface area contributed by atoms with Crippen LogP contribution in [0.2, 0.25) is 0 Å². The Morgan fingerprint density at radius 2 is 1.67 bits per heavy atom. The van der Waals surface area contributed by atoms with Gasteiger partial charge in [0.05, 0.1) is 29.2 Å². The molecule has 1 saturated heterocycles. The summed E-state index contributed by atoms with van der Waals surface area (Å²) in [5, 5.41) is 22.1. The number of benzene rings is 3. The van der Waals surface area contributed by atoms with E-state index in [-0.39, 0.29) is 28.1 Å². The molecule has 4 rings (SSSR count). The average molecular weight is 498 g/mol. The molecule has 1 heterocycles. The van der Waals surface area contributed by atoms with Crippen LogP contribution in [0.4, 0.5) is 24.5 Å². The smallest absolute Gasteiger partial charge is 0.416 e. The van der Waals surface area contributed by atoms with E-state index in [4.69, 9.17) is 4.74 Å². The van der Waals surface area contributed by atoms with Crippen LogP contribution in [-0.2, 0) is 15.8 Å². The van der Waals surface area contributed by atoms with E-state index in [2.05, 4.69) is 0 Å². The van der Waals surface area contributed by atoms with Gasteiger partial charge in [-0.05, 0) is 60.2 Å². The molecule has 3 aromatic carbocycles. The lowest BCUT2D eigenvalue weighted by molar-refractivity contribution is -0.384. The molecule has 1 N–H and O–H groups in total. The minimum absolute atomic E-state index is 0.157. The average Bonchev–Trinajstić information content (AvgIpc) is 3.13. The Morgan fingerprint density at radius 1 is 1.03 bits per heavy atom. The van der Waals surface area contributed by atoms with Crippen LogP contribution in [0.5, 0.6) is 5.75 Å². The summed E-state index contributed by atoms with van der Waals surface area (Å²) in [6.07, 6.45) is -4.71. The summed E-state index contributed by atoms with van der Waals surface area (Å²) < 4.78 is 45.2. The first-order valence-electron chi connectivity index (χ1n) is 10.4. The highest BCUT2D eigenvalue weighted by molar-refractivity contribution is 6.51. The number of ether oxygens (including phenoxy) is 1. The number of aliphatic hydroxyl groups is 1. The van der Waals surface area contributed by atoms with Crippen molar-refractivity contribution >= 4 is 28.8 Å². The molecule has 0 bridgehead atoms. The van der Waals surface area contributed by atoms with Gasteiger partial charge in [-0.25, -0.2) is 0 Å². The topological polar surface area (TPSA) is 110 Å². The van der Waals surface area contributed by atoms with Gasteiger partial charge in [0, 0.05) is 23.4 Å². The Kier molecular flexibility index (Phi) is 6.23. The summed E-state index contributed by atoms with van der Waals surface area (Å²) in [4.78, 5) is 37.5. The van der Waals surface area contributed by atoms with Crippen molar-refractivity contribution in [2.24, 2.45) is 0 Å². The fourth-order valence-corrected chi connectivity index (χ4v) is 3.93. The van der Waals surface area contributed by atoms with Crippen molar-refractivity contribution in [3.63, 3.8) is 0 Å². The molecule has 1 aliphatic heterocycles. The highest BCUT2D eigenvalue weighted by Gasteiger charge is 2.47. The molecule has 8 nitrogen and oxygen atoms in total. The van der Waals surface area contributed by atoms with Crippen LogP contribution in [0, 0.1) is 10.1 Å². The van der Waals surface area contributed by atoms with E-state index < -0.39 is 40.2 Å². The van der Waals surface area contributed by atoms with Crippen LogP contribution in [0.3, 0.4) is 0 Å². The molecule has 11 heteroatoms. The molecule has 0 aromatic heterocycles. The van der Waals surface area contributed by atoms with Gasteiger partial charge in [0.25, 0.3) is 17.4 Å². The number of carbonyl (C=O) groups excluding carboxylic acids is 2. The van der Waals surface area contributed by atoms with E-state index in [1.54, 1.807) is 0 Å². The van der Waals surface area contributed by atoms with Crippen LogP contribution in [0.1, 0.15) is 22.7 Å². The standard InChI is InChI=1S/C25H17F3N2O6/c1-36-19-11-7-15(8-12-19)22(31)20-21(14-5-9-17(10-6-14)30(34)35)29(24(33)23(20)32)18-4-2-3-16(13-18)25(26,27)28/h2-13,21,31H,1H3/t21-/m1/s1. The number of carbonyl (C=O) groups is 2. The molecular formula is C25H17F3N2O6. The lowest BCUT2D eigenvalue weighted by atomic mass is 9.95. The van der Waals surface area contributed by atoms with Gasteiger partial charge in [-0.1, -0.05) is 6.07 Å². The molecule has 1 fully saturated rings. The van der Waals surface area contributed by atoms with Gasteiger partial charge >= 0.3 is 6.18 Å². The maximum atomic E-state index is 13.4. The van der Waals surface area contributed by atoms with Crippen molar-refractivity contribution in [3.8, 4) is 5.75 Å². The van der Waals surface area contributed by atoms with Gasteiger partial charge in [-0.15, -0.1) is 0 Å².